The van der Waals surface area contributed by atoms with Crippen molar-refractivity contribution in [2.45, 2.75) is 32.4 Å². The summed E-state index contributed by atoms with van der Waals surface area (Å²) >= 11 is 1.75. The van der Waals surface area contributed by atoms with E-state index in [0.717, 1.165) is 18.8 Å². The molecule has 1 aliphatic heterocycles. The van der Waals surface area contributed by atoms with Gasteiger partial charge in [0, 0.05) is 24.7 Å². The van der Waals surface area contributed by atoms with Crippen molar-refractivity contribution in [1.82, 2.24) is 20.4 Å². The first-order valence-electron chi connectivity index (χ1n) is 7.38. The van der Waals surface area contributed by atoms with Crippen molar-refractivity contribution in [1.29, 1.82) is 0 Å². The second-order valence-electron chi connectivity index (χ2n) is 5.36. The van der Waals surface area contributed by atoms with Crippen LogP contribution >= 0.6 is 11.3 Å². The zero-order valence-corrected chi connectivity index (χ0v) is 12.7. The first-order chi connectivity index (χ1) is 9.86. The number of piperidine rings is 1. The third-order valence-corrected chi connectivity index (χ3v) is 4.91. The molecule has 0 radical (unpaired) electrons. The molecule has 2 aromatic rings. The number of nitrogens with one attached hydrogen (secondary N) is 2. The van der Waals surface area contributed by atoms with Crippen LogP contribution in [-0.2, 0) is 6.54 Å². The molecule has 4 nitrogen and oxygen atoms in total. The van der Waals surface area contributed by atoms with Gasteiger partial charge in [0.15, 0.2) is 0 Å². The van der Waals surface area contributed by atoms with E-state index in [4.69, 9.17) is 0 Å². The predicted molar refractivity (Wildman–Crippen MR) is 83.9 cm³/mol. The van der Waals surface area contributed by atoms with Gasteiger partial charge in [-0.25, -0.2) is 0 Å². The largest absolute Gasteiger partial charge is 0.309 e. The zero-order valence-electron chi connectivity index (χ0n) is 11.9. The van der Waals surface area contributed by atoms with Crippen molar-refractivity contribution in [3.05, 3.63) is 29.3 Å². The van der Waals surface area contributed by atoms with E-state index in [1.54, 1.807) is 11.3 Å². The van der Waals surface area contributed by atoms with E-state index in [2.05, 4.69) is 44.9 Å². The van der Waals surface area contributed by atoms with Crippen molar-refractivity contribution in [2.24, 2.45) is 0 Å². The van der Waals surface area contributed by atoms with Crippen LogP contribution in [-0.4, -0.2) is 40.8 Å². The molecule has 2 aromatic heterocycles. The van der Waals surface area contributed by atoms with E-state index in [1.807, 2.05) is 6.20 Å². The van der Waals surface area contributed by atoms with Crippen LogP contribution in [0.3, 0.4) is 0 Å². The lowest BCUT2D eigenvalue weighted by atomic mass is 10.1. The topological polar surface area (TPSA) is 44.0 Å². The first kappa shape index (κ1) is 13.8. The Labute approximate surface area is 124 Å². The molecule has 0 saturated carbocycles. The number of aromatic amines is 1. The highest BCUT2D eigenvalue weighted by atomic mass is 32.1. The number of thiophene rings is 1. The molecule has 3 heterocycles. The fraction of sp³-hybridized carbons (Fsp3) is 0.533. The van der Waals surface area contributed by atoms with Gasteiger partial charge in [-0.1, -0.05) is 13.0 Å². The van der Waals surface area contributed by atoms with Gasteiger partial charge >= 0.3 is 0 Å². The third kappa shape index (κ3) is 3.11. The number of hydrogen-bond acceptors (Lipinski definition) is 4. The molecule has 0 unspecified atom stereocenters. The molecular formula is C15H22N4S. The van der Waals surface area contributed by atoms with Crippen molar-refractivity contribution in [3.63, 3.8) is 0 Å². The second kappa shape index (κ2) is 6.52. The number of rotatable bonds is 5. The molecule has 5 heteroatoms. The molecule has 0 aliphatic carbocycles. The Kier molecular flexibility index (Phi) is 4.50. The molecular weight excluding hydrogens is 268 g/mol. The van der Waals surface area contributed by atoms with Gasteiger partial charge in [-0.2, -0.15) is 5.10 Å². The normalized spacial score (nSPS) is 20.4. The Morgan fingerprint density at radius 3 is 3.30 bits per heavy atom. The van der Waals surface area contributed by atoms with Gasteiger partial charge in [-0.3, -0.25) is 5.10 Å². The molecule has 3 rings (SSSR count). The molecule has 0 bridgehead atoms. The van der Waals surface area contributed by atoms with Crippen LogP contribution in [0.1, 0.15) is 25.3 Å². The number of likely N-dealkylation sites (tertiary alicyclic amines) is 1. The maximum atomic E-state index is 4.20. The molecule has 20 heavy (non-hydrogen) atoms. The van der Waals surface area contributed by atoms with Gasteiger partial charge < -0.3 is 10.2 Å². The van der Waals surface area contributed by atoms with E-state index in [1.165, 1.54) is 36.4 Å². The summed E-state index contributed by atoms with van der Waals surface area (Å²) < 4.78 is 0. The molecule has 108 valence electrons. The van der Waals surface area contributed by atoms with Crippen LogP contribution < -0.4 is 5.32 Å². The summed E-state index contributed by atoms with van der Waals surface area (Å²) in [4.78, 5) is 3.79. The lowest BCUT2D eigenvalue weighted by Gasteiger charge is -2.32. The van der Waals surface area contributed by atoms with Crippen LogP contribution in [0.4, 0.5) is 0 Å². The van der Waals surface area contributed by atoms with Crippen LogP contribution in [0.25, 0.3) is 10.6 Å². The number of likely N-dealkylation sites (N-methyl/N-ethyl adjacent to an activating group) is 1. The molecule has 1 aliphatic rings. The SMILES string of the molecule is CCN1CCC[C@@H](NCc2cn[nH]c2-c2cccs2)C1. The minimum atomic E-state index is 0.606. The molecule has 1 atom stereocenters. The minimum absolute atomic E-state index is 0.606. The number of H-pyrrole nitrogens is 1. The molecule has 1 fully saturated rings. The van der Waals surface area contributed by atoms with E-state index < -0.39 is 0 Å². The smallest absolute Gasteiger partial charge is 0.0794 e. The average Bonchev–Trinajstić information content (AvgIpc) is 3.16. The second-order valence-corrected chi connectivity index (χ2v) is 6.31. The highest BCUT2D eigenvalue weighted by Crippen LogP contribution is 2.25. The highest BCUT2D eigenvalue weighted by Gasteiger charge is 2.18. The number of hydrogen-bond donors (Lipinski definition) is 2. The number of nitrogens with zero attached hydrogens (tertiary/aromatic N) is 2. The fourth-order valence-electron chi connectivity index (χ4n) is 2.84. The van der Waals surface area contributed by atoms with Gasteiger partial charge in [-0.05, 0) is 37.4 Å². The monoisotopic (exact) mass is 290 g/mol. The Hall–Kier alpha value is -1.17. The van der Waals surface area contributed by atoms with Crippen molar-refractivity contribution in [2.75, 3.05) is 19.6 Å². The standard InChI is InChI=1S/C15H22N4S/c1-2-19-7-3-5-13(11-19)16-9-12-10-17-18-15(12)14-6-4-8-20-14/h4,6,8,10,13,16H,2-3,5,7,9,11H2,1H3,(H,17,18)/t13-/m1/s1. The Bertz CT molecular complexity index is 520. The summed E-state index contributed by atoms with van der Waals surface area (Å²) in [6.07, 6.45) is 4.53. The quantitative estimate of drug-likeness (QED) is 0.890. The van der Waals surface area contributed by atoms with Gasteiger partial charge in [0.1, 0.15) is 0 Å². The maximum absolute atomic E-state index is 4.20. The van der Waals surface area contributed by atoms with Crippen molar-refractivity contribution < 1.29 is 0 Å². The predicted octanol–water partition coefficient (Wildman–Crippen LogP) is 2.71. The van der Waals surface area contributed by atoms with E-state index in [-0.39, 0.29) is 0 Å². The molecule has 1 saturated heterocycles. The molecule has 0 amide bonds. The third-order valence-electron chi connectivity index (χ3n) is 4.02. The summed E-state index contributed by atoms with van der Waals surface area (Å²) in [5, 5.41) is 13.1. The maximum Gasteiger partial charge on any atom is 0.0794 e. The molecule has 2 N–H and O–H groups in total. The van der Waals surface area contributed by atoms with E-state index in [9.17, 15) is 0 Å². The van der Waals surface area contributed by atoms with Crippen LogP contribution in [0.2, 0.25) is 0 Å². The van der Waals surface area contributed by atoms with Gasteiger partial charge in [-0.15, -0.1) is 11.3 Å². The Morgan fingerprint density at radius 2 is 2.50 bits per heavy atom. The minimum Gasteiger partial charge on any atom is -0.309 e. The lowest BCUT2D eigenvalue weighted by Crippen LogP contribution is -2.45. The summed E-state index contributed by atoms with van der Waals surface area (Å²) in [6, 6.07) is 4.83. The van der Waals surface area contributed by atoms with Crippen LogP contribution in [0.15, 0.2) is 23.7 Å². The summed E-state index contributed by atoms with van der Waals surface area (Å²) in [5.74, 6) is 0. The summed E-state index contributed by atoms with van der Waals surface area (Å²) in [6.45, 7) is 6.72. The van der Waals surface area contributed by atoms with E-state index in [0.29, 0.717) is 6.04 Å². The lowest BCUT2D eigenvalue weighted by molar-refractivity contribution is 0.198. The average molecular weight is 290 g/mol. The zero-order chi connectivity index (χ0) is 13.8. The van der Waals surface area contributed by atoms with Crippen LogP contribution in [0.5, 0.6) is 0 Å². The first-order valence-corrected chi connectivity index (χ1v) is 8.26. The number of aromatic nitrogens is 2. The van der Waals surface area contributed by atoms with Crippen LogP contribution in [0, 0.1) is 0 Å². The van der Waals surface area contributed by atoms with Crippen molar-refractivity contribution >= 4 is 11.3 Å². The molecule has 0 aromatic carbocycles. The molecule has 0 spiro atoms. The fourth-order valence-corrected chi connectivity index (χ4v) is 3.60. The van der Waals surface area contributed by atoms with Gasteiger partial charge in [0.25, 0.3) is 0 Å². The van der Waals surface area contributed by atoms with E-state index >= 15 is 0 Å². The van der Waals surface area contributed by atoms with Gasteiger partial charge in [0.05, 0.1) is 16.8 Å². The Morgan fingerprint density at radius 1 is 1.55 bits per heavy atom. The van der Waals surface area contributed by atoms with Crippen molar-refractivity contribution in [3.8, 4) is 10.6 Å². The van der Waals surface area contributed by atoms with Gasteiger partial charge in [0.2, 0.25) is 0 Å². The Balaban J connectivity index is 1.60. The summed E-state index contributed by atoms with van der Waals surface area (Å²) in [5.41, 5.74) is 2.43. The highest BCUT2D eigenvalue weighted by molar-refractivity contribution is 7.13. The summed E-state index contributed by atoms with van der Waals surface area (Å²) in [7, 11) is 0.